The van der Waals surface area contributed by atoms with Gasteiger partial charge in [-0.2, -0.15) is 0 Å². The van der Waals surface area contributed by atoms with E-state index in [9.17, 15) is 0 Å². The monoisotopic (exact) mass is 352 g/mol. The van der Waals surface area contributed by atoms with E-state index in [1.54, 1.807) is 6.26 Å². The standard InChI is InChI=1S/C20H17ClN2O2/c1-13(17-12-24-19-9-5-3-6-15(17)19)22-11-14-10-20(25-23-14)16-7-2-4-8-18(16)21/h2-10,12-13,22H,11H2,1H3. The number of furan rings is 1. The maximum atomic E-state index is 6.20. The van der Waals surface area contributed by atoms with Crippen molar-refractivity contribution in [2.45, 2.75) is 19.5 Å². The van der Waals surface area contributed by atoms with Gasteiger partial charge in [0.05, 0.1) is 17.0 Å². The van der Waals surface area contributed by atoms with E-state index in [1.807, 2.05) is 48.5 Å². The quantitative estimate of drug-likeness (QED) is 0.508. The van der Waals surface area contributed by atoms with Gasteiger partial charge in [0.15, 0.2) is 5.76 Å². The van der Waals surface area contributed by atoms with Gasteiger partial charge >= 0.3 is 0 Å². The highest BCUT2D eigenvalue weighted by molar-refractivity contribution is 6.33. The minimum absolute atomic E-state index is 0.129. The molecule has 0 aliphatic heterocycles. The zero-order valence-corrected chi connectivity index (χ0v) is 14.5. The van der Waals surface area contributed by atoms with Gasteiger partial charge in [-0.05, 0) is 25.1 Å². The summed E-state index contributed by atoms with van der Waals surface area (Å²) < 4.78 is 11.0. The summed E-state index contributed by atoms with van der Waals surface area (Å²) in [6.45, 7) is 2.70. The van der Waals surface area contributed by atoms with Gasteiger partial charge in [-0.25, -0.2) is 0 Å². The molecule has 1 atom stereocenters. The normalized spacial score (nSPS) is 12.6. The Morgan fingerprint density at radius 1 is 1.12 bits per heavy atom. The lowest BCUT2D eigenvalue weighted by Crippen LogP contribution is -2.17. The van der Waals surface area contributed by atoms with Crippen molar-refractivity contribution >= 4 is 22.6 Å². The van der Waals surface area contributed by atoms with Gasteiger partial charge in [0.1, 0.15) is 5.58 Å². The molecule has 0 aliphatic carbocycles. The van der Waals surface area contributed by atoms with Crippen LogP contribution >= 0.6 is 11.6 Å². The molecule has 126 valence electrons. The number of aromatic nitrogens is 1. The topological polar surface area (TPSA) is 51.2 Å². The maximum Gasteiger partial charge on any atom is 0.168 e. The highest BCUT2D eigenvalue weighted by atomic mass is 35.5. The summed E-state index contributed by atoms with van der Waals surface area (Å²) in [7, 11) is 0. The summed E-state index contributed by atoms with van der Waals surface area (Å²) in [6.07, 6.45) is 1.81. The first-order chi connectivity index (χ1) is 12.2. The van der Waals surface area contributed by atoms with Crippen LogP contribution in [-0.4, -0.2) is 5.16 Å². The number of fused-ring (bicyclic) bond motifs is 1. The average Bonchev–Trinajstić information content (AvgIpc) is 3.27. The van der Waals surface area contributed by atoms with E-state index < -0.39 is 0 Å². The third-order valence-corrected chi connectivity index (χ3v) is 4.59. The van der Waals surface area contributed by atoms with Crippen molar-refractivity contribution in [2.24, 2.45) is 0 Å². The molecule has 0 fully saturated rings. The fourth-order valence-corrected chi connectivity index (χ4v) is 3.11. The Morgan fingerprint density at radius 3 is 2.80 bits per heavy atom. The largest absolute Gasteiger partial charge is 0.464 e. The first-order valence-electron chi connectivity index (χ1n) is 8.12. The molecule has 0 bridgehead atoms. The van der Waals surface area contributed by atoms with Crippen molar-refractivity contribution in [1.82, 2.24) is 10.5 Å². The minimum Gasteiger partial charge on any atom is -0.464 e. The lowest BCUT2D eigenvalue weighted by atomic mass is 10.1. The zero-order chi connectivity index (χ0) is 17.2. The van der Waals surface area contributed by atoms with Crippen molar-refractivity contribution in [2.75, 3.05) is 0 Å². The van der Waals surface area contributed by atoms with Gasteiger partial charge in [-0.1, -0.05) is 47.1 Å². The number of nitrogens with one attached hydrogen (secondary N) is 1. The predicted octanol–water partition coefficient (Wildman–Crippen LogP) is 5.59. The molecule has 0 radical (unpaired) electrons. The van der Waals surface area contributed by atoms with Gasteiger partial charge in [0, 0.05) is 35.2 Å². The number of rotatable bonds is 5. The molecule has 2 aromatic carbocycles. The molecule has 4 nitrogen and oxygen atoms in total. The van der Waals surface area contributed by atoms with Crippen LogP contribution in [0.25, 0.3) is 22.3 Å². The number of halogens is 1. The summed E-state index contributed by atoms with van der Waals surface area (Å²) in [5.74, 6) is 0.670. The van der Waals surface area contributed by atoms with E-state index in [0.717, 1.165) is 27.8 Å². The lowest BCUT2D eigenvalue weighted by molar-refractivity contribution is 0.417. The molecular formula is C20H17ClN2O2. The van der Waals surface area contributed by atoms with E-state index in [-0.39, 0.29) is 6.04 Å². The third-order valence-electron chi connectivity index (χ3n) is 4.27. The van der Waals surface area contributed by atoms with Crippen LogP contribution in [0.5, 0.6) is 0 Å². The average molecular weight is 353 g/mol. The van der Waals surface area contributed by atoms with E-state index >= 15 is 0 Å². The van der Waals surface area contributed by atoms with Crippen molar-refractivity contribution < 1.29 is 8.94 Å². The summed E-state index contributed by atoms with van der Waals surface area (Å²) in [6, 6.07) is 17.6. The second-order valence-electron chi connectivity index (χ2n) is 5.95. The van der Waals surface area contributed by atoms with Gasteiger partial charge in [-0.3, -0.25) is 0 Å². The first-order valence-corrected chi connectivity index (χ1v) is 8.50. The van der Waals surface area contributed by atoms with E-state index in [0.29, 0.717) is 17.3 Å². The van der Waals surface area contributed by atoms with Crippen LogP contribution in [0.2, 0.25) is 5.02 Å². The molecule has 25 heavy (non-hydrogen) atoms. The van der Waals surface area contributed by atoms with Gasteiger partial charge in [-0.15, -0.1) is 0 Å². The summed E-state index contributed by atoms with van der Waals surface area (Å²) >= 11 is 6.20. The van der Waals surface area contributed by atoms with Crippen LogP contribution in [0, 0.1) is 0 Å². The fourth-order valence-electron chi connectivity index (χ4n) is 2.88. The van der Waals surface area contributed by atoms with Crippen molar-refractivity contribution in [3.8, 4) is 11.3 Å². The Bertz CT molecular complexity index is 1010. The number of nitrogens with zero attached hydrogens (tertiary/aromatic N) is 1. The molecular weight excluding hydrogens is 336 g/mol. The smallest absolute Gasteiger partial charge is 0.168 e. The maximum absolute atomic E-state index is 6.20. The second-order valence-corrected chi connectivity index (χ2v) is 6.36. The molecule has 4 rings (SSSR count). The molecule has 0 saturated carbocycles. The van der Waals surface area contributed by atoms with Crippen LogP contribution in [-0.2, 0) is 6.54 Å². The number of para-hydroxylation sites is 1. The van der Waals surface area contributed by atoms with E-state index in [2.05, 4.69) is 23.5 Å². The molecule has 1 N–H and O–H groups in total. The Balaban J connectivity index is 1.48. The Hall–Kier alpha value is -2.56. The Labute approximate surface area is 150 Å². The molecule has 0 saturated heterocycles. The predicted molar refractivity (Wildman–Crippen MR) is 98.4 cm³/mol. The zero-order valence-electron chi connectivity index (χ0n) is 13.7. The molecule has 1 unspecified atom stereocenters. The van der Waals surface area contributed by atoms with Crippen molar-refractivity contribution in [1.29, 1.82) is 0 Å². The van der Waals surface area contributed by atoms with E-state index in [1.165, 1.54) is 0 Å². The first kappa shape index (κ1) is 15.9. The van der Waals surface area contributed by atoms with Crippen LogP contribution in [0.1, 0.15) is 24.2 Å². The lowest BCUT2D eigenvalue weighted by Gasteiger charge is -2.11. The Morgan fingerprint density at radius 2 is 1.92 bits per heavy atom. The van der Waals surface area contributed by atoms with Crippen LogP contribution in [0.3, 0.4) is 0 Å². The number of benzene rings is 2. The van der Waals surface area contributed by atoms with Crippen LogP contribution in [0.15, 0.2) is 69.8 Å². The highest BCUT2D eigenvalue weighted by Gasteiger charge is 2.14. The molecule has 0 aliphatic rings. The van der Waals surface area contributed by atoms with Crippen molar-refractivity contribution in [3.63, 3.8) is 0 Å². The number of hydrogen-bond donors (Lipinski definition) is 1. The molecule has 2 heterocycles. The summed E-state index contributed by atoms with van der Waals surface area (Å²) in [5, 5.41) is 9.36. The van der Waals surface area contributed by atoms with Gasteiger partial charge in [0.25, 0.3) is 0 Å². The summed E-state index contributed by atoms with van der Waals surface area (Å²) in [4.78, 5) is 0. The van der Waals surface area contributed by atoms with E-state index in [4.69, 9.17) is 20.5 Å². The molecule has 4 aromatic rings. The van der Waals surface area contributed by atoms with Crippen molar-refractivity contribution in [3.05, 3.63) is 77.1 Å². The second kappa shape index (κ2) is 6.75. The molecule has 5 heteroatoms. The Kier molecular flexibility index (Phi) is 4.30. The molecule has 0 amide bonds. The number of hydrogen-bond acceptors (Lipinski definition) is 4. The SMILES string of the molecule is CC(NCc1cc(-c2ccccc2Cl)on1)c1coc2ccccc12. The minimum atomic E-state index is 0.129. The van der Waals surface area contributed by atoms with Crippen LogP contribution < -0.4 is 5.32 Å². The van der Waals surface area contributed by atoms with Gasteiger partial charge in [0.2, 0.25) is 0 Å². The van der Waals surface area contributed by atoms with Crippen LogP contribution in [0.4, 0.5) is 0 Å². The molecule has 0 spiro atoms. The highest BCUT2D eigenvalue weighted by Crippen LogP contribution is 2.29. The fraction of sp³-hybridized carbons (Fsp3) is 0.150. The van der Waals surface area contributed by atoms with Gasteiger partial charge < -0.3 is 14.3 Å². The third kappa shape index (κ3) is 3.18. The molecule has 2 aromatic heterocycles. The summed E-state index contributed by atoms with van der Waals surface area (Å²) in [5.41, 5.74) is 3.70.